The maximum Gasteiger partial charge on any atom is 0.253 e. The van der Waals surface area contributed by atoms with Crippen LogP contribution in [-0.4, -0.2) is 11.7 Å². The molecule has 0 aromatic carbocycles. The highest BCUT2D eigenvalue weighted by molar-refractivity contribution is 7.97. The molecule has 0 bridgehead atoms. The van der Waals surface area contributed by atoms with Crippen LogP contribution in [0.15, 0.2) is 12.2 Å². The van der Waals surface area contributed by atoms with E-state index < -0.39 is 0 Å². The second-order valence-corrected chi connectivity index (χ2v) is 2.41. The fourth-order valence-electron chi connectivity index (χ4n) is 0.474. The fourth-order valence-corrected chi connectivity index (χ4v) is 1.04. The third-order valence-corrected chi connectivity index (χ3v) is 1.61. The molecule has 1 aliphatic heterocycles. The Bertz CT molecular complexity index is 122. The molecule has 0 saturated carbocycles. The highest BCUT2D eigenvalue weighted by Gasteiger charge is 1.96. The van der Waals surface area contributed by atoms with Gasteiger partial charge in [0.1, 0.15) is 0 Å². The van der Waals surface area contributed by atoms with E-state index in [2.05, 4.69) is 4.72 Å². The van der Waals surface area contributed by atoms with E-state index in [1.165, 1.54) is 11.9 Å². The minimum atomic E-state index is 0.00694. The smallest absolute Gasteiger partial charge is 0.253 e. The molecule has 3 heteroatoms. The number of allylic oxidation sites excluding steroid dienone is 1. The molecule has 0 spiro atoms. The first-order valence-electron chi connectivity index (χ1n) is 2.48. The highest BCUT2D eigenvalue weighted by atomic mass is 32.2. The standard InChI is InChI=1S/C5H7NOS/c7-5-3-1-2-4-8-6-5/h1,3H,2,4H2,(H,6,7). The molecule has 1 N–H and O–H groups in total. The lowest BCUT2D eigenvalue weighted by molar-refractivity contribution is -0.114. The number of carbonyl (C=O) groups excluding carboxylic acids is 1. The molecule has 44 valence electrons. The van der Waals surface area contributed by atoms with E-state index in [1.807, 2.05) is 6.08 Å². The van der Waals surface area contributed by atoms with Crippen LogP contribution in [0.3, 0.4) is 0 Å². The Balaban J connectivity index is 2.44. The van der Waals surface area contributed by atoms with E-state index in [4.69, 9.17) is 0 Å². The Morgan fingerprint density at radius 3 is 3.50 bits per heavy atom. The molecule has 0 unspecified atom stereocenters. The van der Waals surface area contributed by atoms with Gasteiger partial charge in [-0.1, -0.05) is 6.08 Å². The van der Waals surface area contributed by atoms with Crippen LogP contribution in [0.25, 0.3) is 0 Å². The van der Waals surface area contributed by atoms with E-state index in [0.29, 0.717) is 0 Å². The highest BCUT2D eigenvalue weighted by Crippen LogP contribution is 2.01. The summed E-state index contributed by atoms with van der Waals surface area (Å²) in [5.41, 5.74) is 0. The first kappa shape index (κ1) is 5.69. The van der Waals surface area contributed by atoms with Crippen molar-refractivity contribution in [3.63, 3.8) is 0 Å². The molecule has 1 rings (SSSR count). The van der Waals surface area contributed by atoms with E-state index in [0.717, 1.165) is 12.2 Å². The predicted octanol–water partition coefficient (Wildman–Crippen LogP) is 0.711. The summed E-state index contributed by atoms with van der Waals surface area (Å²) in [6.07, 6.45) is 4.44. The first-order chi connectivity index (χ1) is 3.89. The van der Waals surface area contributed by atoms with Crippen molar-refractivity contribution in [1.29, 1.82) is 0 Å². The summed E-state index contributed by atoms with van der Waals surface area (Å²) < 4.78 is 2.64. The molecule has 1 amide bonds. The van der Waals surface area contributed by atoms with Gasteiger partial charge in [0.2, 0.25) is 0 Å². The summed E-state index contributed by atoms with van der Waals surface area (Å²) in [6, 6.07) is 0. The maximum atomic E-state index is 10.5. The second kappa shape index (κ2) is 2.77. The summed E-state index contributed by atoms with van der Waals surface area (Å²) in [7, 11) is 0. The van der Waals surface area contributed by atoms with Gasteiger partial charge in [-0.25, -0.2) is 0 Å². The van der Waals surface area contributed by atoms with E-state index >= 15 is 0 Å². The molecule has 0 atom stereocenters. The number of nitrogens with one attached hydrogen (secondary N) is 1. The predicted molar refractivity (Wildman–Crippen MR) is 34.4 cm³/mol. The van der Waals surface area contributed by atoms with Crippen molar-refractivity contribution in [1.82, 2.24) is 4.72 Å². The van der Waals surface area contributed by atoms with Crippen LogP contribution in [0.5, 0.6) is 0 Å². The van der Waals surface area contributed by atoms with Gasteiger partial charge >= 0.3 is 0 Å². The molecule has 0 radical (unpaired) electrons. The van der Waals surface area contributed by atoms with Crippen LogP contribution >= 0.6 is 11.9 Å². The van der Waals surface area contributed by atoms with Gasteiger partial charge in [-0.05, 0) is 24.4 Å². The lowest BCUT2D eigenvalue weighted by atomic mass is 10.4. The number of rotatable bonds is 0. The number of hydrogen-bond acceptors (Lipinski definition) is 2. The van der Waals surface area contributed by atoms with Gasteiger partial charge < -0.3 is 0 Å². The zero-order chi connectivity index (χ0) is 5.82. The summed E-state index contributed by atoms with van der Waals surface area (Å²) in [5.74, 6) is 0.995. The van der Waals surface area contributed by atoms with Crippen molar-refractivity contribution < 1.29 is 4.79 Å². The molecular weight excluding hydrogens is 122 g/mol. The average Bonchev–Trinajstić information content (AvgIpc) is 1.94. The minimum absolute atomic E-state index is 0.00694. The largest absolute Gasteiger partial charge is 0.297 e. The number of hydrogen-bond donors (Lipinski definition) is 1. The molecule has 2 nitrogen and oxygen atoms in total. The van der Waals surface area contributed by atoms with Gasteiger partial charge in [-0.2, -0.15) is 0 Å². The van der Waals surface area contributed by atoms with E-state index in [-0.39, 0.29) is 5.91 Å². The average molecular weight is 129 g/mol. The number of amides is 1. The Morgan fingerprint density at radius 2 is 2.62 bits per heavy atom. The van der Waals surface area contributed by atoms with Gasteiger partial charge in [-0.3, -0.25) is 9.52 Å². The van der Waals surface area contributed by atoms with Gasteiger partial charge in [-0.15, -0.1) is 0 Å². The summed E-state index contributed by atoms with van der Waals surface area (Å²) >= 11 is 1.46. The van der Waals surface area contributed by atoms with Gasteiger partial charge in [0.25, 0.3) is 5.91 Å². The molecule has 8 heavy (non-hydrogen) atoms. The lowest BCUT2D eigenvalue weighted by Crippen LogP contribution is -2.10. The van der Waals surface area contributed by atoms with Crippen molar-refractivity contribution in [2.75, 3.05) is 5.75 Å². The Hall–Kier alpha value is -0.440. The second-order valence-electron chi connectivity index (χ2n) is 1.51. The third kappa shape index (κ3) is 1.58. The number of carbonyl (C=O) groups is 1. The zero-order valence-electron chi connectivity index (χ0n) is 4.39. The Morgan fingerprint density at radius 1 is 1.75 bits per heavy atom. The summed E-state index contributed by atoms with van der Waals surface area (Å²) in [4.78, 5) is 10.5. The van der Waals surface area contributed by atoms with E-state index in [9.17, 15) is 4.79 Å². The van der Waals surface area contributed by atoms with Gasteiger partial charge in [0.05, 0.1) is 0 Å². The monoisotopic (exact) mass is 129 g/mol. The van der Waals surface area contributed by atoms with Crippen LogP contribution < -0.4 is 4.72 Å². The van der Waals surface area contributed by atoms with Crippen LogP contribution in [0.2, 0.25) is 0 Å². The molecule has 1 aliphatic rings. The van der Waals surface area contributed by atoms with Crippen LogP contribution in [0.1, 0.15) is 6.42 Å². The zero-order valence-corrected chi connectivity index (χ0v) is 5.20. The minimum Gasteiger partial charge on any atom is -0.297 e. The normalized spacial score (nSPS) is 19.8. The van der Waals surface area contributed by atoms with Crippen LogP contribution in [0.4, 0.5) is 0 Å². The Kier molecular flexibility index (Phi) is 1.97. The maximum absolute atomic E-state index is 10.5. The van der Waals surface area contributed by atoms with Gasteiger partial charge in [0.15, 0.2) is 0 Å². The van der Waals surface area contributed by atoms with Crippen LogP contribution in [0, 0.1) is 0 Å². The van der Waals surface area contributed by atoms with Crippen molar-refractivity contribution in [2.24, 2.45) is 0 Å². The third-order valence-electron chi connectivity index (χ3n) is 0.829. The summed E-state index contributed by atoms with van der Waals surface area (Å²) in [5, 5.41) is 0. The van der Waals surface area contributed by atoms with Crippen molar-refractivity contribution in [3.8, 4) is 0 Å². The van der Waals surface area contributed by atoms with Gasteiger partial charge in [0, 0.05) is 5.75 Å². The Labute approximate surface area is 52.5 Å². The van der Waals surface area contributed by atoms with Crippen molar-refractivity contribution in [3.05, 3.63) is 12.2 Å². The fraction of sp³-hybridized carbons (Fsp3) is 0.400. The van der Waals surface area contributed by atoms with Crippen LogP contribution in [-0.2, 0) is 4.79 Å². The molecule has 0 aromatic rings. The molecule has 0 fully saturated rings. The topological polar surface area (TPSA) is 29.1 Å². The first-order valence-corrected chi connectivity index (χ1v) is 3.46. The molecule has 0 aliphatic carbocycles. The quantitative estimate of drug-likeness (QED) is 0.488. The summed E-state index contributed by atoms with van der Waals surface area (Å²) in [6.45, 7) is 0. The molecule has 1 heterocycles. The lowest BCUT2D eigenvalue weighted by Gasteiger charge is -1.91. The SMILES string of the molecule is O=C1C=CCCSN1. The molecule has 0 saturated heterocycles. The molecular formula is C5H7NOS. The molecule has 0 aromatic heterocycles. The van der Waals surface area contributed by atoms with Crippen molar-refractivity contribution in [2.45, 2.75) is 6.42 Å². The van der Waals surface area contributed by atoms with E-state index in [1.54, 1.807) is 6.08 Å². The van der Waals surface area contributed by atoms with Crippen molar-refractivity contribution >= 4 is 17.9 Å².